The standard InChI is InChI=1S/C14H11NO3S/c16-8-11-3-6-14(19-11)18-10-2-4-12-9(7-10)1-5-13(17)15-12/h2-4,6-8H,1,5H2,(H,15,17). The van der Waals surface area contributed by atoms with Crippen molar-refractivity contribution >= 4 is 29.2 Å². The number of amides is 1. The second kappa shape index (κ2) is 4.85. The fraction of sp³-hybridized carbons (Fsp3) is 0.143. The van der Waals surface area contributed by atoms with E-state index in [1.165, 1.54) is 11.3 Å². The maximum atomic E-state index is 11.3. The van der Waals surface area contributed by atoms with Crippen LogP contribution < -0.4 is 10.1 Å². The van der Waals surface area contributed by atoms with Crippen LogP contribution in [-0.2, 0) is 11.2 Å². The molecule has 1 aromatic heterocycles. The third kappa shape index (κ3) is 2.51. The predicted octanol–water partition coefficient (Wildman–Crippen LogP) is 3.24. The fourth-order valence-electron chi connectivity index (χ4n) is 1.99. The second-order valence-corrected chi connectivity index (χ2v) is 5.32. The summed E-state index contributed by atoms with van der Waals surface area (Å²) in [4.78, 5) is 22.5. The molecule has 0 bridgehead atoms. The molecule has 0 aliphatic carbocycles. The van der Waals surface area contributed by atoms with Crippen LogP contribution in [0.3, 0.4) is 0 Å². The lowest BCUT2D eigenvalue weighted by Gasteiger charge is -2.17. The van der Waals surface area contributed by atoms with Crippen LogP contribution in [0.5, 0.6) is 10.8 Å². The molecule has 1 aliphatic heterocycles. The smallest absolute Gasteiger partial charge is 0.224 e. The van der Waals surface area contributed by atoms with Gasteiger partial charge in [-0.1, -0.05) is 11.3 Å². The molecule has 96 valence electrons. The molecule has 3 rings (SSSR count). The minimum Gasteiger partial charge on any atom is -0.447 e. The van der Waals surface area contributed by atoms with Crippen molar-refractivity contribution in [3.63, 3.8) is 0 Å². The van der Waals surface area contributed by atoms with Gasteiger partial charge in [0.05, 0.1) is 4.88 Å². The number of rotatable bonds is 3. The molecule has 1 aliphatic rings. The van der Waals surface area contributed by atoms with Crippen LogP contribution in [-0.4, -0.2) is 12.2 Å². The molecule has 2 aromatic rings. The molecular formula is C14H11NO3S. The van der Waals surface area contributed by atoms with E-state index in [-0.39, 0.29) is 5.91 Å². The SMILES string of the molecule is O=Cc1ccc(Oc2ccc3c(c2)CCC(=O)N3)s1. The van der Waals surface area contributed by atoms with E-state index in [9.17, 15) is 9.59 Å². The molecule has 1 amide bonds. The average Bonchev–Trinajstić information content (AvgIpc) is 2.86. The highest BCUT2D eigenvalue weighted by Gasteiger charge is 2.15. The summed E-state index contributed by atoms with van der Waals surface area (Å²) < 4.78 is 5.70. The summed E-state index contributed by atoms with van der Waals surface area (Å²) in [5.41, 5.74) is 1.92. The van der Waals surface area contributed by atoms with Gasteiger partial charge in [0, 0.05) is 12.1 Å². The largest absolute Gasteiger partial charge is 0.447 e. The molecule has 1 aromatic carbocycles. The van der Waals surface area contributed by atoms with Crippen LogP contribution in [0, 0.1) is 0 Å². The molecule has 2 heterocycles. The number of hydrogen-bond acceptors (Lipinski definition) is 4. The molecule has 0 fully saturated rings. The van der Waals surface area contributed by atoms with E-state index in [2.05, 4.69) is 5.32 Å². The molecule has 0 unspecified atom stereocenters. The van der Waals surface area contributed by atoms with Crippen LogP contribution in [0.4, 0.5) is 5.69 Å². The lowest BCUT2D eigenvalue weighted by atomic mass is 10.0. The summed E-state index contributed by atoms with van der Waals surface area (Å²) in [6, 6.07) is 9.08. The number of carbonyl (C=O) groups is 2. The van der Waals surface area contributed by atoms with Gasteiger partial charge in [-0.3, -0.25) is 9.59 Å². The number of hydrogen-bond donors (Lipinski definition) is 1. The Morgan fingerprint density at radius 3 is 2.89 bits per heavy atom. The molecular weight excluding hydrogens is 262 g/mol. The Morgan fingerprint density at radius 2 is 2.11 bits per heavy atom. The third-order valence-electron chi connectivity index (χ3n) is 2.91. The fourth-order valence-corrected chi connectivity index (χ4v) is 2.68. The summed E-state index contributed by atoms with van der Waals surface area (Å²) in [5, 5.41) is 3.51. The minimum atomic E-state index is 0.0510. The van der Waals surface area contributed by atoms with Gasteiger partial charge in [0.25, 0.3) is 0 Å². The Kier molecular flexibility index (Phi) is 3.05. The molecule has 0 radical (unpaired) electrons. The van der Waals surface area contributed by atoms with E-state index < -0.39 is 0 Å². The number of thiophene rings is 1. The van der Waals surface area contributed by atoms with E-state index in [0.717, 1.165) is 24.0 Å². The van der Waals surface area contributed by atoms with E-state index in [1.807, 2.05) is 18.2 Å². The molecule has 0 saturated heterocycles. The van der Waals surface area contributed by atoms with Crippen molar-refractivity contribution in [3.8, 4) is 10.8 Å². The van der Waals surface area contributed by atoms with Gasteiger partial charge < -0.3 is 10.1 Å². The highest BCUT2D eigenvalue weighted by molar-refractivity contribution is 7.15. The zero-order valence-electron chi connectivity index (χ0n) is 10.0. The lowest BCUT2D eigenvalue weighted by molar-refractivity contribution is -0.116. The zero-order valence-corrected chi connectivity index (χ0v) is 10.8. The average molecular weight is 273 g/mol. The summed E-state index contributed by atoms with van der Waals surface area (Å²) in [6.07, 6.45) is 2.03. The van der Waals surface area contributed by atoms with Crippen molar-refractivity contribution in [2.45, 2.75) is 12.8 Å². The van der Waals surface area contributed by atoms with Gasteiger partial charge in [0.15, 0.2) is 11.3 Å². The molecule has 0 saturated carbocycles. The van der Waals surface area contributed by atoms with Crippen LogP contribution in [0.2, 0.25) is 0 Å². The van der Waals surface area contributed by atoms with Crippen molar-refractivity contribution in [3.05, 3.63) is 40.8 Å². The number of carbonyl (C=O) groups excluding carboxylic acids is 2. The predicted molar refractivity (Wildman–Crippen MR) is 73.2 cm³/mol. The molecule has 4 nitrogen and oxygen atoms in total. The highest BCUT2D eigenvalue weighted by atomic mass is 32.1. The Labute approximate surface area is 114 Å². The Balaban J connectivity index is 1.82. The Bertz CT molecular complexity index is 648. The molecule has 0 spiro atoms. The van der Waals surface area contributed by atoms with Gasteiger partial charge in [-0.05, 0) is 42.3 Å². The maximum Gasteiger partial charge on any atom is 0.224 e. The maximum absolute atomic E-state index is 11.3. The summed E-state index contributed by atoms with van der Waals surface area (Å²) in [6.45, 7) is 0. The first-order valence-corrected chi connectivity index (χ1v) is 6.72. The van der Waals surface area contributed by atoms with E-state index in [4.69, 9.17) is 4.74 Å². The van der Waals surface area contributed by atoms with Crippen LogP contribution >= 0.6 is 11.3 Å². The molecule has 5 heteroatoms. The monoisotopic (exact) mass is 273 g/mol. The van der Waals surface area contributed by atoms with Gasteiger partial charge in [-0.15, -0.1) is 0 Å². The quantitative estimate of drug-likeness (QED) is 0.873. The summed E-state index contributed by atoms with van der Waals surface area (Å²) in [7, 11) is 0. The second-order valence-electron chi connectivity index (χ2n) is 4.24. The normalized spacial score (nSPS) is 13.6. The van der Waals surface area contributed by atoms with Crippen LogP contribution in [0.25, 0.3) is 0 Å². The number of anilines is 1. The first-order chi connectivity index (χ1) is 9.24. The van der Waals surface area contributed by atoms with Crippen molar-refractivity contribution in [1.82, 2.24) is 0 Å². The van der Waals surface area contributed by atoms with E-state index in [1.54, 1.807) is 12.1 Å². The number of aryl methyl sites for hydroxylation is 1. The van der Waals surface area contributed by atoms with Gasteiger partial charge in [0.2, 0.25) is 5.91 Å². The molecule has 19 heavy (non-hydrogen) atoms. The first kappa shape index (κ1) is 11.9. The van der Waals surface area contributed by atoms with Gasteiger partial charge >= 0.3 is 0 Å². The number of aldehydes is 1. The lowest BCUT2D eigenvalue weighted by Crippen LogP contribution is -2.18. The Morgan fingerprint density at radius 1 is 1.21 bits per heavy atom. The van der Waals surface area contributed by atoms with Gasteiger partial charge in [0.1, 0.15) is 5.75 Å². The summed E-state index contributed by atoms with van der Waals surface area (Å²) >= 11 is 1.31. The molecule has 0 atom stereocenters. The van der Waals surface area contributed by atoms with Crippen LogP contribution in [0.1, 0.15) is 21.7 Å². The minimum absolute atomic E-state index is 0.0510. The number of nitrogens with one attached hydrogen (secondary N) is 1. The number of benzene rings is 1. The Hall–Kier alpha value is -2.14. The number of fused-ring (bicyclic) bond motifs is 1. The van der Waals surface area contributed by atoms with Crippen molar-refractivity contribution in [1.29, 1.82) is 0 Å². The third-order valence-corrected chi connectivity index (χ3v) is 3.80. The molecule has 1 N–H and O–H groups in total. The summed E-state index contributed by atoms with van der Waals surface area (Å²) in [5.74, 6) is 0.768. The highest BCUT2D eigenvalue weighted by Crippen LogP contribution is 2.32. The van der Waals surface area contributed by atoms with E-state index in [0.29, 0.717) is 22.1 Å². The van der Waals surface area contributed by atoms with Crippen molar-refractivity contribution in [2.75, 3.05) is 5.32 Å². The zero-order chi connectivity index (χ0) is 13.2. The number of ether oxygens (including phenoxy) is 1. The van der Waals surface area contributed by atoms with Crippen molar-refractivity contribution in [2.24, 2.45) is 0 Å². The topological polar surface area (TPSA) is 55.4 Å². The van der Waals surface area contributed by atoms with Crippen molar-refractivity contribution < 1.29 is 14.3 Å². The van der Waals surface area contributed by atoms with E-state index >= 15 is 0 Å². The van der Waals surface area contributed by atoms with Gasteiger partial charge in [-0.2, -0.15) is 0 Å². The van der Waals surface area contributed by atoms with Crippen LogP contribution in [0.15, 0.2) is 30.3 Å². The first-order valence-electron chi connectivity index (χ1n) is 5.90. The van der Waals surface area contributed by atoms with Gasteiger partial charge in [-0.25, -0.2) is 0 Å².